The average molecular weight is 353 g/mol. The average Bonchev–Trinajstić information content (AvgIpc) is 2.87. The molecule has 1 aromatic carbocycles. The molecule has 0 aliphatic carbocycles. The van der Waals surface area contributed by atoms with Crippen LogP contribution in [0.15, 0.2) is 50.9 Å². The molecule has 128 valence electrons. The van der Waals surface area contributed by atoms with E-state index in [2.05, 4.69) is 15.3 Å². The molecule has 0 fully saturated rings. The Morgan fingerprint density at radius 2 is 1.64 bits per heavy atom. The first-order valence-electron chi connectivity index (χ1n) is 7.89. The van der Waals surface area contributed by atoms with Gasteiger partial charge < -0.3 is 9.73 Å². The van der Waals surface area contributed by atoms with Crippen LogP contribution < -0.4 is 5.32 Å². The number of aryl methyl sites for hydroxylation is 4. The van der Waals surface area contributed by atoms with Gasteiger partial charge in [0.05, 0.1) is 5.56 Å². The largest absolute Gasteiger partial charge is 0.466 e. The first-order valence-corrected chi connectivity index (χ1v) is 8.71. The monoisotopic (exact) mass is 353 g/mol. The summed E-state index contributed by atoms with van der Waals surface area (Å²) in [6.45, 7) is 7.52. The molecule has 0 atom stereocenters. The number of anilines is 1. The lowest BCUT2D eigenvalue weighted by Crippen LogP contribution is -2.11. The highest BCUT2D eigenvalue weighted by molar-refractivity contribution is 7.99. The number of hydrogen-bond acceptors (Lipinski definition) is 5. The maximum atomic E-state index is 12.3. The number of carbonyl (C=O) groups excluding carboxylic acids is 1. The van der Waals surface area contributed by atoms with Crippen molar-refractivity contribution in [3.8, 4) is 0 Å². The van der Waals surface area contributed by atoms with E-state index in [-0.39, 0.29) is 5.91 Å². The lowest BCUT2D eigenvalue weighted by molar-refractivity contribution is 0.102. The highest BCUT2D eigenvalue weighted by atomic mass is 32.2. The van der Waals surface area contributed by atoms with Crippen LogP contribution in [0, 0.1) is 27.7 Å². The molecule has 0 aliphatic rings. The molecule has 0 aliphatic heterocycles. The van der Waals surface area contributed by atoms with Gasteiger partial charge in [0, 0.05) is 22.0 Å². The van der Waals surface area contributed by atoms with Crippen LogP contribution in [0.25, 0.3) is 0 Å². The van der Waals surface area contributed by atoms with Gasteiger partial charge in [0.2, 0.25) is 0 Å². The highest BCUT2D eigenvalue weighted by Crippen LogP contribution is 2.26. The molecule has 2 heterocycles. The zero-order valence-corrected chi connectivity index (χ0v) is 15.4. The standard InChI is InChI=1S/C19H19N3O2S/c1-11-9-12(2)21-19(20-11)25-16-7-5-15(6-8-16)22-18(23)17-10-13(3)24-14(17)4/h5-10H,1-4H3,(H,22,23). The van der Waals surface area contributed by atoms with Gasteiger partial charge in [0.25, 0.3) is 5.91 Å². The first-order chi connectivity index (χ1) is 11.9. The third kappa shape index (κ3) is 4.28. The number of furan rings is 1. The molecule has 1 N–H and O–H groups in total. The Morgan fingerprint density at radius 3 is 2.20 bits per heavy atom. The van der Waals surface area contributed by atoms with Crippen LogP contribution in [0.5, 0.6) is 0 Å². The molecule has 5 nitrogen and oxygen atoms in total. The van der Waals surface area contributed by atoms with Crippen LogP contribution in [-0.4, -0.2) is 15.9 Å². The van der Waals surface area contributed by atoms with Crippen LogP contribution >= 0.6 is 11.8 Å². The third-order valence-corrected chi connectivity index (χ3v) is 4.44. The van der Waals surface area contributed by atoms with Gasteiger partial charge in [-0.1, -0.05) is 0 Å². The number of nitrogens with zero attached hydrogens (tertiary/aromatic N) is 2. The number of benzene rings is 1. The van der Waals surface area contributed by atoms with Crippen molar-refractivity contribution in [1.29, 1.82) is 0 Å². The van der Waals surface area contributed by atoms with Crippen LogP contribution in [0.3, 0.4) is 0 Å². The summed E-state index contributed by atoms with van der Waals surface area (Å²) in [5.41, 5.74) is 3.18. The lowest BCUT2D eigenvalue weighted by atomic mass is 10.2. The molecule has 3 rings (SSSR count). The summed E-state index contributed by atoms with van der Waals surface area (Å²) in [4.78, 5) is 22.2. The molecule has 0 bridgehead atoms. The number of carbonyl (C=O) groups is 1. The van der Waals surface area contributed by atoms with Gasteiger partial charge in [-0.25, -0.2) is 9.97 Å². The minimum Gasteiger partial charge on any atom is -0.466 e. The van der Waals surface area contributed by atoms with Crippen molar-refractivity contribution in [2.75, 3.05) is 5.32 Å². The normalized spacial score (nSPS) is 10.7. The predicted octanol–water partition coefficient (Wildman–Crippen LogP) is 4.71. The molecule has 0 saturated heterocycles. The van der Waals surface area contributed by atoms with Crippen molar-refractivity contribution < 1.29 is 9.21 Å². The van der Waals surface area contributed by atoms with E-state index in [0.29, 0.717) is 11.3 Å². The first kappa shape index (κ1) is 17.2. The molecule has 2 aromatic heterocycles. The maximum Gasteiger partial charge on any atom is 0.259 e. The van der Waals surface area contributed by atoms with E-state index >= 15 is 0 Å². The van der Waals surface area contributed by atoms with Gasteiger partial charge in [-0.2, -0.15) is 0 Å². The summed E-state index contributed by atoms with van der Waals surface area (Å²) in [6.07, 6.45) is 0. The molecule has 0 unspecified atom stereocenters. The summed E-state index contributed by atoms with van der Waals surface area (Å²) >= 11 is 1.50. The van der Waals surface area contributed by atoms with E-state index < -0.39 is 0 Å². The Bertz CT molecular complexity index is 897. The van der Waals surface area contributed by atoms with Crippen molar-refractivity contribution in [2.45, 2.75) is 37.7 Å². The molecule has 6 heteroatoms. The van der Waals surface area contributed by atoms with Crippen LogP contribution in [0.2, 0.25) is 0 Å². The van der Waals surface area contributed by atoms with E-state index in [9.17, 15) is 4.79 Å². The number of nitrogens with one attached hydrogen (secondary N) is 1. The van der Waals surface area contributed by atoms with Gasteiger partial charge in [-0.3, -0.25) is 4.79 Å². The molecule has 0 radical (unpaired) electrons. The van der Waals surface area contributed by atoms with E-state index in [0.717, 1.165) is 32.9 Å². The Kier molecular flexibility index (Phi) is 4.90. The SMILES string of the molecule is Cc1cc(C)nc(Sc2ccc(NC(=O)c3cc(C)oc3C)cc2)n1. The summed E-state index contributed by atoms with van der Waals surface area (Å²) in [5, 5.41) is 3.60. The molecule has 25 heavy (non-hydrogen) atoms. The van der Waals surface area contributed by atoms with Crippen molar-refractivity contribution in [2.24, 2.45) is 0 Å². The maximum absolute atomic E-state index is 12.3. The highest BCUT2D eigenvalue weighted by Gasteiger charge is 2.13. The predicted molar refractivity (Wildman–Crippen MR) is 98.2 cm³/mol. The lowest BCUT2D eigenvalue weighted by Gasteiger charge is -2.06. The summed E-state index contributed by atoms with van der Waals surface area (Å²) in [5.74, 6) is 1.17. The fourth-order valence-electron chi connectivity index (χ4n) is 2.51. The second kappa shape index (κ2) is 7.11. The van der Waals surface area contributed by atoms with Crippen molar-refractivity contribution in [3.63, 3.8) is 0 Å². The second-order valence-electron chi connectivity index (χ2n) is 5.84. The Morgan fingerprint density at radius 1 is 1.00 bits per heavy atom. The van der Waals surface area contributed by atoms with Gasteiger partial charge in [-0.05, 0) is 75.9 Å². The Labute approximate surface area is 150 Å². The number of amides is 1. The van der Waals surface area contributed by atoms with Gasteiger partial charge in [0.1, 0.15) is 11.5 Å². The van der Waals surface area contributed by atoms with Gasteiger partial charge in [-0.15, -0.1) is 0 Å². The van der Waals surface area contributed by atoms with Crippen LogP contribution in [0.4, 0.5) is 5.69 Å². The van der Waals surface area contributed by atoms with Gasteiger partial charge in [0.15, 0.2) is 5.16 Å². The van der Waals surface area contributed by atoms with Crippen molar-refractivity contribution in [3.05, 3.63) is 64.9 Å². The molecular formula is C19H19N3O2S. The molecule has 0 spiro atoms. The fraction of sp³-hybridized carbons (Fsp3) is 0.211. The minimum absolute atomic E-state index is 0.174. The van der Waals surface area contributed by atoms with E-state index in [1.807, 2.05) is 51.1 Å². The molecule has 3 aromatic rings. The zero-order valence-electron chi connectivity index (χ0n) is 14.6. The topological polar surface area (TPSA) is 68.0 Å². The Balaban J connectivity index is 1.69. The summed E-state index contributed by atoms with van der Waals surface area (Å²) in [7, 11) is 0. The molecule has 1 amide bonds. The quantitative estimate of drug-likeness (QED) is 0.688. The number of rotatable bonds is 4. The molecule has 0 saturated carbocycles. The van der Waals surface area contributed by atoms with E-state index in [1.54, 1.807) is 13.0 Å². The molecular weight excluding hydrogens is 334 g/mol. The zero-order chi connectivity index (χ0) is 18.0. The van der Waals surface area contributed by atoms with E-state index in [4.69, 9.17) is 4.42 Å². The van der Waals surface area contributed by atoms with Crippen LogP contribution in [0.1, 0.15) is 33.3 Å². The number of aromatic nitrogens is 2. The second-order valence-corrected chi connectivity index (χ2v) is 6.88. The van der Waals surface area contributed by atoms with Gasteiger partial charge >= 0.3 is 0 Å². The van der Waals surface area contributed by atoms with Crippen molar-refractivity contribution >= 4 is 23.4 Å². The number of hydrogen-bond donors (Lipinski definition) is 1. The minimum atomic E-state index is -0.174. The Hall–Kier alpha value is -2.60. The van der Waals surface area contributed by atoms with Crippen LogP contribution in [-0.2, 0) is 0 Å². The third-order valence-electron chi connectivity index (χ3n) is 3.57. The van der Waals surface area contributed by atoms with Crippen molar-refractivity contribution in [1.82, 2.24) is 9.97 Å². The summed E-state index contributed by atoms with van der Waals surface area (Å²) < 4.78 is 5.40. The van der Waals surface area contributed by atoms with E-state index in [1.165, 1.54) is 11.8 Å². The summed E-state index contributed by atoms with van der Waals surface area (Å²) in [6, 6.07) is 11.3. The smallest absolute Gasteiger partial charge is 0.259 e. The fourth-order valence-corrected chi connectivity index (χ4v) is 3.37.